The van der Waals surface area contributed by atoms with Crippen LogP contribution in [0.5, 0.6) is 0 Å². The first-order valence-corrected chi connectivity index (χ1v) is 13.6. The van der Waals surface area contributed by atoms with Crippen LogP contribution < -0.4 is 15.1 Å². The van der Waals surface area contributed by atoms with Crippen molar-refractivity contribution in [2.45, 2.75) is 40.5 Å². The summed E-state index contributed by atoms with van der Waals surface area (Å²) >= 11 is 6.31. The highest BCUT2D eigenvalue weighted by molar-refractivity contribution is 6.34. The van der Waals surface area contributed by atoms with E-state index in [1.807, 2.05) is 26.0 Å². The minimum atomic E-state index is -0.770. The number of aryl methyl sites for hydroxylation is 1. The van der Waals surface area contributed by atoms with E-state index >= 15 is 0 Å². The molecule has 206 valence electrons. The number of halogens is 1. The zero-order valence-corrected chi connectivity index (χ0v) is 23.7. The third-order valence-corrected chi connectivity index (χ3v) is 6.62. The molecule has 0 fully saturated rings. The molecule has 0 aromatic heterocycles. The number of unbranched alkanes of at least 4 members (excludes halogenated alkanes) is 1. The van der Waals surface area contributed by atoms with Crippen LogP contribution >= 0.6 is 11.6 Å². The lowest BCUT2D eigenvalue weighted by molar-refractivity contribution is -0.113. The lowest BCUT2D eigenvalue weighted by Gasteiger charge is -2.28. The lowest BCUT2D eigenvalue weighted by atomic mass is 10.1. The van der Waals surface area contributed by atoms with E-state index in [2.05, 4.69) is 24.1 Å². The van der Waals surface area contributed by atoms with E-state index in [-0.39, 0.29) is 18.1 Å². The molecule has 0 aliphatic carbocycles. The van der Waals surface area contributed by atoms with Gasteiger partial charge >= 0.3 is 6.09 Å². The maximum absolute atomic E-state index is 13.9. The summed E-state index contributed by atoms with van der Waals surface area (Å²) in [6.07, 6.45) is 0.721. The van der Waals surface area contributed by atoms with Crippen molar-refractivity contribution >= 4 is 46.4 Å². The summed E-state index contributed by atoms with van der Waals surface area (Å²) in [6, 6.07) is 21.0. The fourth-order valence-corrected chi connectivity index (χ4v) is 4.33. The molecule has 39 heavy (non-hydrogen) atoms. The minimum Gasteiger partial charge on any atom is -0.505 e. The Kier molecular flexibility index (Phi) is 10.8. The molecule has 0 radical (unpaired) electrons. The summed E-state index contributed by atoms with van der Waals surface area (Å²) in [6.45, 7) is 9.80. The normalized spacial score (nSPS) is 11.4. The van der Waals surface area contributed by atoms with E-state index in [9.17, 15) is 14.7 Å². The smallest absolute Gasteiger partial charge is 0.419 e. The fourth-order valence-electron chi connectivity index (χ4n) is 4.15. The molecular weight excluding hydrogens is 514 g/mol. The molecule has 3 rings (SSSR count). The predicted molar refractivity (Wildman–Crippen MR) is 160 cm³/mol. The summed E-state index contributed by atoms with van der Waals surface area (Å²) < 4.78 is 5.59. The molecule has 2 amide bonds. The Morgan fingerprint density at radius 1 is 0.949 bits per heavy atom. The topological polar surface area (TPSA) is 82.1 Å². The Hall–Kier alpha value is -3.97. The van der Waals surface area contributed by atoms with Crippen LogP contribution in [0.15, 0.2) is 78.5 Å². The first-order valence-electron chi connectivity index (χ1n) is 13.2. The largest absolute Gasteiger partial charge is 0.505 e. The first kappa shape index (κ1) is 29.6. The number of para-hydroxylation sites is 1. The molecule has 0 saturated heterocycles. The Labute approximate surface area is 235 Å². The van der Waals surface area contributed by atoms with Gasteiger partial charge in [0.1, 0.15) is 0 Å². The van der Waals surface area contributed by atoms with E-state index in [0.29, 0.717) is 28.4 Å². The number of rotatable bonds is 11. The third-order valence-electron chi connectivity index (χ3n) is 6.29. The average molecular weight is 550 g/mol. The fraction of sp³-hybridized carbons (Fsp3) is 0.290. The highest BCUT2D eigenvalue weighted by Crippen LogP contribution is 2.33. The van der Waals surface area contributed by atoms with Crippen LogP contribution in [0.3, 0.4) is 0 Å². The monoisotopic (exact) mass is 549 g/mol. The van der Waals surface area contributed by atoms with Crippen molar-refractivity contribution in [2.75, 3.05) is 34.8 Å². The zero-order valence-electron chi connectivity index (χ0n) is 22.9. The van der Waals surface area contributed by atoms with E-state index in [1.165, 1.54) is 0 Å². The first-order chi connectivity index (χ1) is 18.8. The van der Waals surface area contributed by atoms with Gasteiger partial charge in [0.25, 0.3) is 5.91 Å². The molecule has 3 aromatic rings. The number of aliphatic hydroxyl groups excluding tert-OH is 1. The molecule has 2 N–H and O–H groups in total. The Balaban J connectivity index is 2.21. The highest BCUT2D eigenvalue weighted by atomic mass is 35.5. The Morgan fingerprint density at radius 2 is 1.62 bits per heavy atom. The van der Waals surface area contributed by atoms with Crippen molar-refractivity contribution in [1.82, 2.24) is 0 Å². The standard InChI is InChI=1S/C31H36ClN3O4/c1-5-8-20-39-31(38)35(27-19-18-24(21-22(27)4)34(6-2)7-3)28(29(36)23-14-10-9-11-15-23)30(37)33-26-17-13-12-16-25(26)32/h9-19,21,36H,5-8,20H2,1-4H3,(H,33,37)/b29-28+. The maximum Gasteiger partial charge on any atom is 0.419 e. The number of carbonyl (C=O) groups excluding carboxylic acids is 2. The maximum atomic E-state index is 13.9. The number of anilines is 3. The van der Waals surface area contributed by atoms with E-state index in [1.54, 1.807) is 60.7 Å². The zero-order chi connectivity index (χ0) is 28.4. The molecular formula is C31H36ClN3O4. The second-order valence-electron chi connectivity index (χ2n) is 8.94. The van der Waals surface area contributed by atoms with Crippen molar-refractivity contribution in [2.24, 2.45) is 0 Å². The molecule has 0 bridgehead atoms. The van der Waals surface area contributed by atoms with Gasteiger partial charge in [-0.2, -0.15) is 0 Å². The number of ether oxygens (including phenoxy) is 1. The van der Waals surface area contributed by atoms with Crippen LogP contribution in [0.25, 0.3) is 5.76 Å². The Bertz CT molecular complexity index is 1310. The molecule has 0 spiro atoms. The number of hydrogen-bond acceptors (Lipinski definition) is 5. The van der Waals surface area contributed by atoms with Crippen LogP contribution in [0, 0.1) is 6.92 Å². The van der Waals surface area contributed by atoms with Gasteiger partial charge in [0, 0.05) is 24.3 Å². The van der Waals surface area contributed by atoms with E-state index in [4.69, 9.17) is 16.3 Å². The van der Waals surface area contributed by atoms with Gasteiger partial charge in [-0.25, -0.2) is 9.69 Å². The second-order valence-corrected chi connectivity index (χ2v) is 9.35. The number of aliphatic hydroxyl groups is 1. The predicted octanol–water partition coefficient (Wildman–Crippen LogP) is 7.80. The van der Waals surface area contributed by atoms with Gasteiger partial charge in [0.15, 0.2) is 11.5 Å². The summed E-state index contributed by atoms with van der Waals surface area (Å²) in [7, 11) is 0. The van der Waals surface area contributed by atoms with E-state index in [0.717, 1.165) is 35.7 Å². The third kappa shape index (κ3) is 7.33. The van der Waals surface area contributed by atoms with Crippen molar-refractivity contribution in [1.29, 1.82) is 0 Å². The highest BCUT2D eigenvalue weighted by Gasteiger charge is 2.32. The van der Waals surface area contributed by atoms with Crippen LogP contribution in [0.4, 0.5) is 21.9 Å². The SMILES string of the molecule is CCCCOC(=O)N(/C(C(=O)Nc1ccccc1Cl)=C(/O)c1ccccc1)c1ccc(N(CC)CC)cc1C. The van der Waals surface area contributed by atoms with Crippen molar-refractivity contribution in [3.05, 3.63) is 94.6 Å². The molecule has 7 nitrogen and oxygen atoms in total. The number of carbonyl (C=O) groups is 2. The van der Waals surface area contributed by atoms with Gasteiger partial charge < -0.3 is 20.1 Å². The van der Waals surface area contributed by atoms with Crippen LogP contribution in [-0.4, -0.2) is 36.8 Å². The molecule has 0 heterocycles. The van der Waals surface area contributed by atoms with Gasteiger partial charge in [-0.1, -0.05) is 67.4 Å². The van der Waals surface area contributed by atoms with Crippen molar-refractivity contribution in [3.63, 3.8) is 0 Å². The molecule has 3 aromatic carbocycles. The molecule has 0 saturated carbocycles. The number of amides is 2. The average Bonchev–Trinajstić information content (AvgIpc) is 2.94. The van der Waals surface area contributed by atoms with Crippen LogP contribution in [0.2, 0.25) is 5.02 Å². The van der Waals surface area contributed by atoms with Crippen LogP contribution in [-0.2, 0) is 9.53 Å². The van der Waals surface area contributed by atoms with E-state index < -0.39 is 12.0 Å². The van der Waals surface area contributed by atoms with Gasteiger partial charge in [0.2, 0.25) is 0 Å². The quantitative estimate of drug-likeness (QED) is 0.145. The van der Waals surface area contributed by atoms with Gasteiger partial charge in [-0.15, -0.1) is 0 Å². The van der Waals surface area contributed by atoms with Crippen molar-refractivity contribution in [3.8, 4) is 0 Å². The molecule has 0 aliphatic rings. The van der Waals surface area contributed by atoms with Gasteiger partial charge in [-0.05, 0) is 63.1 Å². The minimum absolute atomic E-state index is 0.175. The summed E-state index contributed by atoms with van der Waals surface area (Å²) in [4.78, 5) is 30.8. The molecule has 0 aliphatic heterocycles. The second kappa shape index (κ2) is 14.3. The lowest BCUT2D eigenvalue weighted by Crippen LogP contribution is -2.38. The van der Waals surface area contributed by atoms with Gasteiger partial charge in [0.05, 0.1) is 23.0 Å². The van der Waals surface area contributed by atoms with Crippen LogP contribution in [0.1, 0.15) is 44.7 Å². The summed E-state index contributed by atoms with van der Waals surface area (Å²) in [5.74, 6) is -1.09. The number of hydrogen-bond donors (Lipinski definition) is 2. The molecule has 8 heteroatoms. The number of nitrogens with zero attached hydrogens (tertiary/aromatic N) is 2. The Morgan fingerprint density at radius 3 is 2.23 bits per heavy atom. The van der Waals surface area contributed by atoms with Crippen molar-refractivity contribution < 1.29 is 19.4 Å². The number of nitrogens with one attached hydrogen (secondary N) is 1. The summed E-state index contributed by atoms with van der Waals surface area (Å²) in [5, 5.41) is 14.6. The van der Waals surface area contributed by atoms with Gasteiger partial charge in [-0.3, -0.25) is 4.79 Å². The molecule has 0 atom stereocenters. The number of benzene rings is 3. The summed E-state index contributed by atoms with van der Waals surface area (Å²) in [5.41, 5.74) is 2.57. The molecule has 0 unspecified atom stereocenters.